The maximum absolute atomic E-state index is 4.74. The Morgan fingerprint density at radius 1 is 1.29 bits per heavy atom. The maximum atomic E-state index is 4.74. The molecule has 0 bridgehead atoms. The van der Waals surface area contributed by atoms with E-state index in [4.69, 9.17) is 4.98 Å². The van der Waals surface area contributed by atoms with Crippen LogP contribution in [0.5, 0.6) is 0 Å². The highest BCUT2D eigenvalue weighted by Gasteiger charge is 2.10. The normalized spacial score (nSPS) is 10.7. The van der Waals surface area contributed by atoms with Gasteiger partial charge in [-0.15, -0.1) is 11.3 Å². The summed E-state index contributed by atoms with van der Waals surface area (Å²) in [7, 11) is 1.97. The average molecular weight is 247 g/mol. The zero-order chi connectivity index (χ0) is 12.1. The number of hydrogen-bond acceptors (Lipinski definition) is 4. The van der Waals surface area contributed by atoms with Gasteiger partial charge >= 0.3 is 0 Å². The number of thiazole rings is 1. The van der Waals surface area contributed by atoms with E-state index in [0.29, 0.717) is 0 Å². The fraction of sp³-hybridized carbons (Fsp3) is 0.385. The van der Waals surface area contributed by atoms with Gasteiger partial charge in [0.1, 0.15) is 5.01 Å². The molecule has 1 N–H and O–H groups in total. The van der Waals surface area contributed by atoms with Crippen molar-refractivity contribution < 1.29 is 0 Å². The zero-order valence-corrected chi connectivity index (χ0v) is 11.0. The van der Waals surface area contributed by atoms with Crippen LogP contribution in [0.1, 0.15) is 23.9 Å². The third kappa shape index (κ3) is 2.90. The third-order valence-corrected chi connectivity index (χ3v) is 3.68. The summed E-state index contributed by atoms with van der Waals surface area (Å²) in [6.45, 7) is 3.09. The van der Waals surface area contributed by atoms with Gasteiger partial charge < -0.3 is 5.32 Å². The van der Waals surface area contributed by atoms with E-state index < -0.39 is 0 Å². The van der Waals surface area contributed by atoms with Crippen LogP contribution in [-0.2, 0) is 13.0 Å². The van der Waals surface area contributed by atoms with Crippen LogP contribution in [0, 0.1) is 0 Å². The predicted octanol–water partition coefficient (Wildman–Crippen LogP) is 2.88. The molecule has 0 spiro atoms. The van der Waals surface area contributed by atoms with Crippen molar-refractivity contribution in [2.24, 2.45) is 0 Å². The van der Waals surface area contributed by atoms with Crippen LogP contribution in [0.25, 0.3) is 10.6 Å². The summed E-state index contributed by atoms with van der Waals surface area (Å²) < 4.78 is 0. The van der Waals surface area contributed by atoms with Crippen molar-refractivity contribution in [1.29, 1.82) is 0 Å². The van der Waals surface area contributed by atoms with E-state index in [2.05, 4.69) is 17.2 Å². The molecule has 0 aliphatic carbocycles. The Morgan fingerprint density at radius 3 is 2.71 bits per heavy atom. The van der Waals surface area contributed by atoms with E-state index >= 15 is 0 Å². The van der Waals surface area contributed by atoms with Crippen molar-refractivity contribution in [3.63, 3.8) is 0 Å². The molecule has 2 rings (SSSR count). The molecule has 2 heterocycles. The van der Waals surface area contributed by atoms with Gasteiger partial charge in [0, 0.05) is 29.4 Å². The Balaban J connectivity index is 2.33. The van der Waals surface area contributed by atoms with Gasteiger partial charge in [-0.05, 0) is 25.6 Å². The minimum Gasteiger partial charge on any atom is -0.315 e. The molecule has 3 nitrogen and oxygen atoms in total. The van der Waals surface area contributed by atoms with Gasteiger partial charge in [-0.2, -0.15) is 0 Å². The Morgan fingerprint density at radius 2 is 2.06 bits per heavy atom. The van der Waals surface area contributed by atoms with Crippen molar-refractivity contribution in [2.75, 3.05) is 7.05 Å². The second-order valence-corrected chi connectivity index (χ2v) is 4.99. The molecule has 2 aromatic rings. The van der Waals surface area contributed by atoms with E-state index in [9.17, 15) is 0 Å². The van der Waals surface area contributed by atoms with Crippen LogP contribution in [0.15, 0.2) is 24.5 Å². The van der Waals surface area contributed by atoms with E-state index in [1.165, 1.54) is 10.6 Å². The molecule has 0 unspecified atom stereocenters. The lowest BCUT2D eigenvalue weighted by molar-refractivity contribution is 0.798. The Labute approximate surface area is 106 Å². The molecular weight excluding hydrogens is 230 g/mol. The number of pyridine rings is 1. The molecule has 0 aliphatic rings. The summed E-state index contributed by atoms with van der Waals surface area (Å²) in [6, 6.07) is 4.02. The van der Waals surface area contributed by atoms with Gasteiger partial charge in [-0.1, -0.05) is 13.3 Å². The lowest BCUT2D eigenvalue weighted by Gasteiger charge is -1.98. The van der Waals surface area contributed by atoms with Crippen LogP contribution in [0.2, 0.25) is 0 Å². The molecule has 0 saturated heterocycles. The first-order chi connectivity index (χ1) is 8.35. The van der Waals surface area contributed by atoms with Crippen molar-refractivity contribution in [2.45, 2.75) is 26.3 Å². The number of hydrogen-bond donors (Lipinski definition) is 1. The van der Waals surface area contributed by atoms with Crippen molar-refractivity contribution in [3.05, 3.63) is 35.1 Å². The summed E-state index contributed by atoms with van der Waals surface area (Å²) in [6.07, 6.45) is 5.82. The molecule has 0 fully saturated rings. The molecule has 90 valence electrons. The van der Waals surface area contributed by atoms with E-state index in [-0.39, 0.29) is 0 Å². The topological polar surface area (TPSA) is 37.8 Å². The van der Waals surface area contributed by atoms with Gasteiger partial charge in [0.15, 0.2) is 0 Å². The summed E-state index contributed by atoms with van der Waals surface area (Å²) in [5, 5.41) is 4.30. The van der Waals surface area contributed by atoms with E-state index in [0.717, 1.165) is 30.0 Å². The van der Waals surface area contributed by atoms with Crippen LogP contribution in [0.4, 0.5) is 0 Å². The minimum absolute atomic E-state index is 0.901. The monoisotopic (exact) mass is 247 g/mol. The van der Waals surface area contributed by atoms with Gasteiger partial charge in [-0.3, -0.25) is 4.98 Å². The summed E-state index contributed by atoms with van der Waals surface area (Å²) >= 11 is 1.78. The zero-order valence-electron chi connectivity index (χ0n) is 10.2. The van der Waals surface area contributed by atoms with E-state index in [1.807, 2.05) is 31.6 Å². The number of aryl methyl sites for hydroxylation is 1. The number of nitrogens with one attached hydrogen (secondary N) is 1. The smallest absolute Gasteiger partial charge is 0.124 e. The summed E-state index contributed by atoms with van der Waals surface area (Å²) in [4.78, 5) is 10.1. The van der Waals surface area contributed by atoms with Crippen molar-refractivity contribution in [1.82, 2.24) is 15.3 Å². The highest BCUT2D eigenvalue weighted by atomic mass is 32.1. The second-order valence-electron chi connectivity index (χ2n) is 3.91. The molecule has 0 aromatic carbocycles. The fourth-order valence-corrected chi connectivity index (χ4v) is 2.86. The average Bonchev–Trinajstić information content (AvgIpc) is 2.75. The van der Waals surface area contributed by atoms with E-state index in [1.54, 1.807) is 11.3 Å². The lowest BCUT2D eigenvalue weighted by Crippen LogP contribution is -2.05. The lowest BCUT2D eigenvalue weighted by atomic mass is 10.2. The first-order valence-corrected chi connectivity index (χ1v) is 6.70. The molecule has 0 aliphatic heterocycles. The first kappa shape index (κ1) is 12.2. The Hall–Kier alpha value is -1.26. The van der Waals surface area contributed by atoms with Crippen molar-refractivity contribution in [3.8, 4) is 10.6 Å². The molecular formula is C13H17N3S. The van der Waals surface area contributed by atoms with Crippen LogP contribution in [0.3, 0.4) is 0 Å². The van der Waals surface area contributed by atoms with Gasteiger partial charge in [-0.25, -0.2) is 4.98 Å². The van der Waals surface area contributed by atoms with Crippen LogP contribution < -0.4 is 5.32 Å². The van der Waals surface area contributed by atoms with Crippen LogP contribution in [-0.4, -0.2) is 17.0 Å². The van der Waals surface area contributed by atoms with Gasteiger partial charge in [0.25, 0.3) is 0 Å². The fourth-order valence-electron chi connectivity index (χ4n) is 1.73. The summed E-state index contributed by atoms with van der Waals surface area (Å²) in [5.74, 6) is 0. The highest BCUT2D eigenvalue weighted by Crippen LogP contribution is 2.28. The largest absolute Gasteiger partial charge is 0.315 e. The predicted molar refractivity (Wildman–Crippen MR) is 72.1 cm³/mol. The molecule has 2 aromatic heterocycles. The highest BCUT2D eigenvalue weighted by molar-refractivity contribution is 7.15. The molecule has 0 radical (unpaired) electrons. The molecule has 4 heteroatoms. The van der Waals surface area contributed by atoms with Gasteiger partial charge in [0.2, 0.25) is 0 Å². The third-order valence-electron chi connectivity index (χ3n) is 2.53. The second kappa shape index (κ2) is 5.89. The SMILES string of the molecule is CCCc1nc(-c2ccncc2)sc1CNC. The molecule has 0 amide bonds. The Bertz CT molecular complexity index is 441. The quantitative estimate of drug-likeness (QED) is 0.883. The minimum atomic E-state index is 0.901. The number of rotatable bonds is 5. The molecule has 17 heavy (non-hydrogen) atoms. The number of nitrogens with zero attached hydrogens (tertiary/aromatic N) is 2. The maximum Gasteiger partial charge on any atom is 0.124 e. The van der Waals surface area contributed by atoms with Crippen molar-refractivity contribution >= 4 is 11.3 Å². The Kier molecular flexibility index (Phi) is 4.23. The first-order valence-electron chi connectivity index (χ1n) is 5.88. The molecule has 0 atom stereocenters. The summed E-state index contributed by atoms with van der Waals surface area (Å²) in [5.41, 5.74) is 2.39. The van der Waals surface area contributed by atoms with Crippen LogP contribution >= 0.6 is 11.3 Å². The number of aromatic nitrogens is 2. The van der Waals surface area contributed by atoms with Gasteiger partial charge in [0.05, 0.1) is 5.69 Å². The standard InChI is InChI=1S/C13H17N3S/c1-3-4-11-12(9-14-2)17-13(16-11)10-5-7-15-8-6-10/h5-8,14H,3-4,9H2,1-2H3. The molecule has 0 saturated carbocycles.